The van der Waals surface area contributed by atoms with Gasteiger partial charge in [0, 0.05) is 37.7 Å². The van der Waals surface area contributed by atoms with Crippen molar-refractivity contribution in [3.05, 3.63) is 51.9 Å². The fraction of sp³-hybridized carbons (Fsp3) is 0.500. The molecule has 2 aromatic rings. The number of amides is 1. The van der Waals surface area contributed by atoms with E-state index in [0.717, 1.165) is 53.8 Å². The van der Waals surface area contributed by atoms with Crippen molar-refractivity contribution in [3.63, 3.8) is 0 Å². The molecule has 1 aliphatic heterocycles. The van der Waals surface area contributed by atoms with Crippen molar-refractivity contribution in [2.24, 2.45) is 0 Å². The Bertz CT molecular complexity index is 821. The highest BCUT2D eigenvalue weighted by Crippen LogP contribution is 2.26. The summed E-state index contributed by atoms with van der Waals surface area (Å²) in [6.45, 7) is 10.1. The number of ether oxygens (including phenoxy) is 1. The summed E-state index contributed by atoms with van der Waals surface area (Å²) in [5.41, 5.74) is 1.87. The van der Waals surface area contributed by atoms with Crippen LogP contribution in [0, 0.1) is 20.8 Å². The van der Waals surface area contributed by atoms with Gasteiger partial charge in [0.15, 0.2) is 6.61 Å². The maximum absolute atomic E-state index is 12.4. The van der Waals surface area contributed by atoms with Gasteiger partial charge in [-0.1, -0.05) is 11.6 Å². The fourth-order valence-electron chi connectivity index (χ4n) is 3.58. The van der Waals surface area contributed by atoms with Crippen molar-refractivity contribution in [3.8, 4) is 5.75 Å². The number of carbonyl (C=O) groups excluding carboxylic acids is 1. The van der Waals surface area contributed by atoms with Gasteiger partial charge in [-0.05, 0) is 63.2 Å². The minimum Gasteiger partial charge on any atom is -0.484 e. The number of rotatable bonds is 7. The molecule has 1 amide bonds. The van der Waals surface area contributed by atoms with Gasteiger partial charge in [-0.25, -0.2) is 0 Å². The molecule has 2 heterocycles. The SMILES string of the molecule is Cc1ccc(C(CNC(=O)COc2cc(C)c(Cl)c(C)c2)N2CCN(C)CC2)o1. The van der Waals surface area contributed by atoms with E-state index in [1.165, 1.54) is 0 Å². The molecule has 0 bridgehead atoms. The van der Waals surface area contributed by atoms with E-state index < -0.39 is 0 Å². The molecule has 3 rings (SSSR count). The molecule has 1 atom stereocenters. The van der Waals surface area contributed by atoms with E-state index >= 15 is 0 Å². The minimum absolute atomic E-state index is 0.0152. The lowest BCUT2D eigenvalue weighted by molar-refractivity contribution is -0.123. The number of piperazine rings is 1. The molecule has 0 aliphatic carbocycles. The van der Waals surface area contributed by atoms with Crippen LogP contribution in [0.15, 0.2) is 28.7 Å². The Balaban J connectivity index is 1.58. The first-order valence-electron chi connectivity index (χ1n) is 9.98. The third kappa shape index (κ3) is 5.75. The second kappa shape index (κ2) is 9.65. The molecule has 29 heavy (non-hydrogen) atoms. The van der Waals surface area contributed by atoms with Crippen LogP contribution in [-0.2, 0) is 4.79 Å². The van der Waals surface area contributed by atoms with E-state index in [-0.39, 0.29) is 18.6 Å². The largest absolute Gasteiger partial charge is 0.484 e. The molecule has 7 heteroatoms. The Morgan fingerprint density at radius 2 is 1.83 bits per heavy atom. The third-order valence-corrected chi connectivity index (χ3v) is 5.94. The summed E-state index contributed by atoms with van der Waals surface area (Å²) in [5, 5.41) is 3.73. The van der Waals surface area contributed by atoms with Crippen molar-refractivity contribution < 1.29 is 13.9 Å². The third-order valence-electron chi connectivity index (χ3n) is 5.34. The topological polar surface area (TPSA) is 58.0 Å². The van der Waals surface area contributed by atoms with Gasteiger partial charge < -0.3 is 19.4 Å². The van der Waals surface area contributed by atoms with E-state index in [1.54, 1.807) is 0 Å². The van der Waals surface area contributed by atoms with Crippen molar-refractivity contribution in [2.75, 3.05) is 46.4 Å². The first-order valence-corrected chi connectivity index (χ1v) is 10.4. The van der Waals surface area contributed by atoms with Gasteiger partial charge in [-0.2, -0.15) is 0 Å². The van der Waals surface area contributed by atoms with Crippen LogP contribution in [0.5, 0.6) is 5.75 Å². The number of nitrogens with one attached hydrogen (secondary N) is 1. The Morgan fingerprint density at radius 1 is 1.17 bits per heavy atom. The zero-order valence-electron chi connectivity index (χ0n) is 17.6. The van der Waals surface area contributed by atoms with Crippen LogP contribution >= 0.6 is 11.6 Å². The summed E-state index contributed by atoms with van der Waals surface area (Å²) in [5.74, 6) is 2.26. The maximum atomic E-state index is 12.4. The first-order chi connectivity index (χ1) is 13.8. The highest BCUT2D eigenvalue weighted by Gasteiger charge is 2.26. The second-order valence-electron chi connectivity index (χ2n) is 7.77. The Hall–Kier alpha value is -2.02. The Kier molecular flexibility index (Phi) is 7.22. The second-order valence-corrected chi connectivity index (χ2v) is 8.15. The maximum Gasteiger partial charge on any atom is 0.258 e. The Morgan fingerprint density at radius 3 is 2.41 bits per heavy atom. The molecular weight excluding hydrogens is 390 g/mol. The standard InChI is InChI=1S/C22H30ClN3O3/c1-15-11-18(12-16(2)22(15)23)28-14-21(27)24-13-19(20-6-5-17(3)29-20)26-9-7-25(4)8-10-26/h5-6,11-12,19H,7-10,13-14H2,1-4H3,(H,24,27). The number of aryl methyl sites for hydroxylation is 3. The number of furan rings is 1. The zero-order valence-corrected chi connectivity index (χ0v) is 18.4. The fourth-order valence-corrected chi connectivity index (χ4v) is 3.68. The first kappa shape index (κ1) is 21.7. The van der Waals surface area contributed by atoms with Gasteiger partial charge >= 0.3 is 0 Å². The van der Waals surface area contributed by atoms with Gasteiger partial charge in [-0.15, -0.1) is 0 Å². The molecule has 158 valence electrons. The molecule has 1 aromatic carbocycles. The van der Waals surface area contributed by atoms with Gasteiger partial charge in [0.2, 0.25) is 0 Å². The highest BCUT2D eigenvalue weighted by molar-refractivity contribution is 6.32. The molecule has 0 spiro atoms. The summed E-state index contributed by atoms with van der Waals surface area (Å²) < 4.78 is 11.5. The molecule has 0 radical (unpaired) electrons. The molecule has 1 aromatic heterocycles. The van der Waals surface area contributed by atoms with Crippen molar-refractivity contribution >= 4 is 17.5 Å². The lowest BCUT2D eigenvalue weighted by atomic mass is 10.1. The highest BCUT2D eigenvalue weighted by atomic mass is 35.5. The Labute approximate surface area is 177 Å². The van der Waals surface area contributed by atoms with Gasteiger partial charge in [0.1, 0.15) is 17.3 Å². The van der Waals surface area contributed by atoms with Crippen molar-refractivity contribution in [1.29, 1.82) is 0 Å². The summed E-state index contributed by atoms with van der Waals surface area (Å²) in [6, 6.07) is 7.68. The molecule has 1 unspecified atom stereocenters. The van der Waals surface area contributed by atoms with E-state index in [0.29, 0.717) is 12.3 Å². The molecule has 6 nitrogen and oxygen atoms in total. The van der Waals surface area contributed by atoms with Crippen molar-refractivity contribution in [2.45, 2.75) is 26.8 Å². The number of likely N-dealkylation sites (N-methyl/N-ethyl adjacent to an activating group) is 1. The summed E-state index contributed by atoms with van der Waals surface area (Å²) >= 11 is 6.19. The quantitative estimate of drug-likeness (QED) is 0.745. The van der Waals surface area contributed by atoms with Crippen LogP contribution in [0.25, 0.3) is 0 Å². The molecular formula is C22H30ClN3O3. The number of hydrogen-bond acceptors (Lipinski definition) is 5. The summed E-state index contributed by atoms with van der Waals surface area (Å²) in [7, 11) is 2.13. The molecule has 1 N–H and O–H groups in total. The monoisotopic (exact) mass is 419 g/mol. The number of hydrogen-bond donors (Lipinski definition) is 1. The number of halogens is 1. The normalized spacial score (nSPS) is 16.6. The van der Waals surface area contributed by atoms with E-state index in [4.69, 9.17) is 20.8 Å². The summed E-state index contributed by atoms with van der Waals surface area (Å²) in [4.78, 5) is 17.1. The van der Waals surface area contributed by atoms with Crippen LogP contribution < -0.4 is 10.1 Å². The molecule has 1 fully saturated rings. The lowest BCUT2D eigenvalue weighted by Crippen LogP contribution is -2.48. The van der Waals surface area contributed by atoms with E-state index in [2.05, 4.69) is 22.2 Å². The van der Waals surface area contributed by atoms with E-state index in [9.17, 15) is 4.79 Å². The van der Waals surface area contributed by atoms with Crippen LogP contribution in [-0.4, -0.2) is 62.1 Å². The van der Waals surface area contributed by atoms with Gasteiger partial charge in [0.25, 0.3) is 5.91 Å². The smallest absolute Gasteiger partial charge is 0.258 e. The predicted octanol–water partition coefficient (Wildman–Crippen LogP) is 3.34. The molecule has 0 saturated carbocycles. The minimum atomic E-state index is -0.155. The van der Waals surface area contributed by atoms with Gasteiger partial charge in [-0.3, -0.25) is 9.69 Å². The number of nitrogens with zero attached hydrogens (tertiary/aromatic N) is 2. The van der Waals surface area contributed by atoms with Crippen LogP contribution in [0.3, 0.4) is 0 Å². The van der Waals surface area contributed by atoms with Gasteiger partial charge in [0.05, 0.1) is 6.04 Å². The number of benzene rings is 1. The molecule has 1 aliphatic rings. The average Bonchev–Trinajstić information content (AvgIpc) is 3.12. The summed E-state index contributed by atoms with van der Waals surface area (Å²) in [6.07, 6.45) is 0. The van der Waals surface area contributed by atoms with Crippen LogP contribution in [0.4, 0.5) is 0 Å². The van der Waals surface area contributed by atoms with Crippen LogP contribution in [0.2, 0.25) is 5.02 Å². The van der Waals surface area contributed by atoms with Crippen molar-refractivity contribution in [1.82, 2.24) is 15.1 Å². The average molecular weight is 420 g/mol. The number of carbonyl (C=O) groups is 1. The zero-order chi connectivity index (χ0) is 21.0. The van der Waals surface area contributed by atoms with E-state index in [1.807, 2.05) is 45.0 Å². The molecule has 1 saturated heterocycles. The lowest BCUT2D eigenvalue weighted by Gasteiger charge is -2.37. The predicted molar refractivity (Wildman–Crippen MR) is 115 cm³/mol. The van der Waals surface area contributed by atoms with Crippen LogP contribution in [0.1, 0.15) is 28.7 Å².